The van der Waals surface area contributed by atoms with Gasteiger partial charge < -0.3 is 14.0 Å². The normalized spacial score (nSPS) is 11.4. The fourth-order valence-corrected chi connectivity index (χ4v) is 8.90. The third kappa shape index (κ3) is 6.19. The smallest absolute Gasteiger partial charge is 0.150 e. The molecule has 5 heteroatoms. The molecule has 0 fully saturated rings. The highest BCUT2D eigenvalue weighted by molar-refractivity contribution is 6.12. The predicted molar refractivity (Wildman–Crippen MR) is 251 cm³/mol. The lowest BCUT2D eigenvalue weighted by atomic mass is 10.00. The Labute approximate surface area is 352 Å². The Morgan fingerprint density at radius 3 is 1.11 bits per heavy atom. The molecule has 0 spiro atoms. The SMILES string of the molecule is O=Cc1ccc(-n2c3ccccc3c3cc(N(c4ccc(-c5ccc(-c6ccccc6)cc5)cc4)c4ccc5c(c4)c4ccccc4n5-c4ccc(C=O)cc4)ccc32)cc1. The Morgan fingerprint density at radius 1 is 0.311 bits per heavy atom. The monoisotopic (exact) mass is 783 g/mol. The second-order valence-electron chi connectivity index (χ2n) is 15.4. The van der Waals surface area contributed by atoms with Crippen LogP contribution in [0.1, 0.15) is 20.7 Å². The predicted octanol–water partition coefficient (Wildman–Crippen LogP) is 14.3. The molecular formula is C56H37N3O2. The second-order valence-corrected chi connectivity index (χ2v) is 15.4. The van der Waals surface area contributed by atoms with Crippen LogP contribution in [0.25, 0.3) is 77.2 Å². The third-order valence-electron chi connectivity index (χ3n) is 11.9. The number of anilines is 3. The van der Waals surface area contributed by atoms with E-state index in [1.807, 2.05) is 54.6 Å². The van der Waals surface area contributed by atoms with Crippen LogP contribution in [0.2, 0.25) is 0 Å². The van der Waals surface area contributed by atoms with Crippen molar-refractivity contribution in [3.63, 3.8) is 0 Å². The standard InChI is InChI=1S/C56H37N3O2/c60-36-38-14-24-45(25-15-38)58-53-12-6-4-10-49(53)51-34-47(30-32-55(51)58)57(44-28-22-43(23-29-44)42-20-18-41(19-21-42)40-8-2-1-3-9-40)48-31-33-56-52(35-48)50-11-5-7-13-54(50)59(56)46-26-16-39(37-61)17-27-46/h1-37H. The van der Waals surface area contributed by atoms with Crippen molar-refractivity contribution in [1.82, 2.24) is 9.13 Å². The number of rotatable bonds is 9. The summed E-state index contributed by atoms with van der Waals surface area (Å²) in [6, 6.07) is 74.0. The maximum Gasteiger partial charge on any atom is 0.150 e. The van der Waals surface area contributed by atoms with Gasteiger partial charge in [-0.15, -0.1) is 0 Å². The molecule has 0 N–H and O–H groups in total. The summed E-state index contributed by atoms with van der Waals surface area (Å²) >= 11 is 0. The van der Waals surface area contributed by atoms with Crippen molar-refractivity contribution in [2.75, 3.05) is 4.90 Å². The van der Waals surface area contributed by atoms with Crippen molar-refractivity contribution in [2.24, 2.45) is 0 Å². The molecule has 0 aliphatic rings. The molecule has 0 saturated carbocycles. The van der Waals surface area contributed by atoms with Gasteiger partial charge in [-0.25, -0.2) is 0 Å². The molecule has 0 radical (unpaired) electrons. The lowest BCUT2D eigenvalue weighted by Gasteiger charge is -2.26. The molecule has 11 rings (SSSR count). The Balaban J connectivity index is 1.08. The fraction of sp³-hybridized carbons (Fsp3) is 0. The van der Waals surface area contributed by atoms with E-state index in [1.54, 1.807) is 0 Å². The minimum Gasteiger partial charge on any atom is -0.310 e. The number of aldehydes is 2. The highest BCUT2D eigenvalue weighted by Gasteiger charge is 2.20. The van der Waals surface area contributed by atoms with Crippen LogP contribution in [-0.2, 0) is 0 Å². The summed E-state index contributed by atoms with van der Waals surface area (Å²) in [5, 5.41) is 4.55. The van der Waals surface area contributed by atoms with Gasteiger partial charge in [0.05, 0.1) is 22.1 Å². The molecule has 0 atom stereocenters. The topological polar surface area (TPSA) is 47.2 Å². The number of carbonyl (C=O) groups excluding carboxylic acids is 2. The van der Waals surface area contributed by atoms with Crippen LogP contribution in [-0.4, -0.2) is 21.7 Å². The Kier molecular flexibility index (Phi) is 8.72. The minimum absolute atomic E-state index is 0.647. The molecule has 61 heavy (non-hydrogen) atoms. The van der Waals surface area contributed by atoms with E-state index in [-0.39, 0.29) is 0 Å². The van der Waals surface area contributed by atoms with Gasteiger partial charge in [-0.2, -0.15) is 0 Å². The number of benzene rings is 9. The first-order valence-electron chi connectivity index (χ1n) is 20.4. The van der Waals surface area contributed by atoms with Crippen LogP contribution < -0.4 is 4.90 Å². The molecule has 0 saturated heterocycles. The lowest BCUT2D eigenvalue weighted by Crippen LogP contribution is -2.10. The summed E-state index contributed by atoms with van der Waals surface area (Å²) in [7, 11) is 0. The summed E-state index contributed by atoms with van der Waals surface area (Å²) in [6.07, 6.45) is 1.76. The average molecular weight is 784 g/mol. The zero-order valence-corrected chi connectivity index (χ0v) is 33.0. The molecule has 0 bridgehead atoms. The summed E-state index contributed by atoms with van der Waals surface area (Å²) in [4.78, 5) is 25.4. The molecule has 288 valence electrons. The van der Waals surface area contributed by atoms with Gasteiger partial charge in [-0.1, -0.05) is 103 Å². The summed E-state index contributed by atoms with van der Waals surface area (Å²) < 4.78 is 4.54. The molecular weight excluding hydrogens is 747 g/mol. The maximum absolute atomic E-state index is 11.5. The molecule has 2 heterocycles. The number of aromatic nitrogens is 2. The molecule has 0 unspecified atom stereocenters. The molecule has 11 aromatic rings. The fourth-order valence-electron chi connectivity index (χ4n) is 8.90. The van der Waals surface area contributed by atoms with Crippen LogP contribution in [0.3, 0.4) is 0 Å². The van der Waals surface area contributed by atoms with Crippen LogP contribution >= 0.6 is 0 Å². The molecule has 5 nitrogen and oxygen atoms in total. The van der Waals surface area contributed by atoms with Crippen molar-refractivity contribution in [3.05, 3.63) is 223 Å². The van der Waals surface area contributed by atoms with E-state index in [4.69, 9.17) is 0 Å². The Bertz CT molecular complexity index is 3250. The van der Waals surface area contributed by atoms with E-state index in [9.17, 15) is 9.59 Å². The molecule has 9 aromatic carbocycles. The summed E-state index contributed by atoms with van der Waals surface area (Å²) in [6.45, 7) is 0. The van der Waals surface area contributed by atoms with Gasteiger partial charge in [0.2, 0.25) is 0 Å². The van der Waals surface area contributed by atoms with Crippen LogP contribution in [0.4, 0.5) is 17.1 Å². The first kappa shape index (κ1) is 35.8. The van der Waals surface area contributed by atoms with Crippen LogP contribution in [0.15, 0.2) is 212 Å². The van der Waals surface area contributed by atoms with Crippen molar-refractivity contribution in [3.8, 4) is 33.6 Å². The zero-order valence-electron chi connectivity index (χ0n) is 33.0. The molecule has 2 aromatic heterocycles. The molecule has 0 aliphatic carbocycles. The summed E-state index contributed by atoms with van der Waals surface area (Å²) in [5.41, 5.74) is 15.4. The van der Waals surface area contributed by atoms with Gasteiger partial charge in [-0.05, 0) is 131 Å². The number of nitrogens with zero attached hydrogens (tertiary/aromatic N) is 3. The first-order valence-corrected chi connectivity index (χ1v) is 20.4. The van der Waals surface area contributed by atoms with Gasteiger partial charge in [0, 0.05) is 61.1 Å². The van der Waals surface area contributed by atoms with Gasteiger partial charge in [-0.3, -0.25) is 9.59 Å². The largest absolute Gasteiger partial charge is 0.310 e. The average Bonchev–Trinajstić information content (AvgIpc) is 3.84. The van der Waals surface area contributed by atoms with Crippen LogP contribution in [0.5, 0.6) is 0 Å². The van der Waals surface area contributed by atoms with E-state index in [1.165, 1.54) is 11.1 Å². The lowest BCUT2D eigenvalue weighted by molar-refractivity contribution is 0.111. The Morgan fingerprint density at radius 2 is 0.672 bits per heavy atom. The number of carbonyl (C=O) groups is 2. The van der Waals surface area contributed by atoms with Crippen molar-refractivity contribution in [2.45, 2.75) is 0 Å². The van der Waals surface area contributed by atoms with E-state index in [0.717, 1.165) is 95.7 Å². The van der Waals surface area contributed by atoms with Gasteiger partial charge in [0.25, 0.3) is 0 Å². The van der Waals surface area contributed by atoms with E-state index in [2.05, 4.69) is 172 Å². The van der Waals surface area contributed by atoms with Crippen LogP contribution in [0, 0.1) is 0 Å². The Hall–Kier alpha value is -8.28. The maximum atomic E-state index is 11.5. The van der Waals surface area contributed by atoms with Crippen molar-refractivity contribution >= 4 is 73.2 Å². The molecule has 0 amide bonds. The van der Waals surface area contributed by atoms with Crippen molar-refractivity contribution in [1.29, 1.82) is 0 Å². The zero-order chi connectivity index (χ0) is 40.9. The molecule has 0 aliphatic heterocycles. The van der Waals surface area contributed by atoms with Gasteiger partial charge in [0.1, 0.15) is 12.6 Å². The highest BCUT2D eigenvalue weighted by Crippen LogP contribution is 2.43. The number of hydrogen-bond acceptors (Lipinski definition) is 3. The van der Waals surface area contributed by atoms with Gasteiger partial charge >= 0.3 is 0 Å². The number of hydrogen-bond donors (Lipinski definition) is 0. The minimum atomic E-state index is 0.647. The number of para-hydroxylation sites is 2. The van der Waals surface area contributed by atoms with E-state index >= 15 is 0 Å². The number of fused-ring (bicyclic) bond motifs is 6. The quantitative estimate of drug-likeness (QED) is 0.137. The first-order chi connectivity index (χ1) is 30.1. The van der Waals surface area contributed by atoms with Crippen molar-refractivity contribution < 1.29 is 9.59 Å². The highest BCUT2D eigenvalue weighted by atomic mass is 16.1. The third-order valence-corrected chi connectivity index (χ3v) is 11.9. The van der Waals surface area contributed by atoms with E-state index in [0.29, 0.717) is 11.1 Å². The second kappa shape index (κ2) is 14.8. The van der Waals surface area contributed by atoms with Gasteiger partial charge in [0.15, 0.2) is 0 Å². The van der Waals surface area contributed by atoms with E-state index < -0.39 is 0 Å². The summed E-state index contributed by atoms with van der Waals surface area (Å²) in [5.74, 6) is 0.